The minimum Gasteiger partial charge on any atom is -0.331 e. The van der Waals surface area contributed by atoms with Gasteiger partial charge in [-0.15, -0.1) is 0 Å². The second-order valence-electron chi connectivity index (χ2n) is 7.18. The van der Waals surface area contributed by atoms with Crippen molar-refractivity contribution in [2.24, 2.45) is 0 Å². The highest BCUT2D eigenvalue weighted by molar-refractivity contribution is 7.90. The van der Waals surface area contributed by atoms with Crippen LogP contribution in [0.15, 0.2) is 53.4 Å². The van der Waals surface area contributed by atoms with Crippen LogP contribution in [0.4, 0.5) is 0 Å². The number of aryl methyl sites for hydroxylation is 1. The molecule has 4 nitrogen and oxygen atoms in total. The fraction of sp³-hybridized carbons (Fsp3) is 0.286. The molecule has 1 heterocycles. The molecule has 0 unspecified atom stereocenters. The van der Waals surface area contributed by atoms with Gasteiger partial charge in [-0.05, 0) is 48.6 Å². The summed E-state index contributed by atoms with van der Waals surface area (Å²) < 4.78 is 23.4. The topological polar surface area (TPSA) is 54.5 Å². The smallest absolute Gasteiger partial charge is 0.255 e. The number of carbonyl (C=O) groups excluding carboxylic acids is 1. The van der Waals surface area contributed by atoms with E-state index in [-0.39, 0.29) is 5.91 Å². The Hall–Kier alpha value is -2.40. The molecule has 2 aromatic carbocycles. The molecule has 134 valence electrons. The third kappa shape index (κ3) is 3.07. The summed E-state index contributed by atoms with van der Waals surface area (Å²) in [5.74, 6) is 0.0820. The SMILES string of the molecule is Cc1ccc(C2=C(c3ccc(S(C)(=O)=O)cc3)CN(C3CC3)C2=O)cc1. The molecule has 1 saturated carbocycles. The van der Waals surface area contributed by atoms with Crippen molar-refractivity contribution in [3.63, 3.8) is 0 Å². The lowest BCUT2D eigenvalue weighted by atomic mass is 9.96. The second-order valence-corrected chi connectivity index (χ2v) is 9.20. The molecule has 0 atom stereocenters. The molecule has 1 amide bonds. The fourth-order valence-electron chi connectivity index (χ4n) is 3.43. The Balaban J connectivity index is 1.80. The average Bonchev–Trinajstić information content (AvgIpc) is 3.39. The van der Waals surface area contributed by atoms with E-state index in [1.165, 1.54) is 6.26 Å². The molecule has 0 N–H and O–H groups in total. The van der Waals surface area contributed by atoms with Gasteiger partial charge in [0.15, 0.2) is 9.84 Å². The molecule has 2 aliphatic rings. The van der Waals surface area contributed by atoms with E-state index in [9.17, 15) is 13.2 Å². The maximum Gasteiger partial charge on any atom is 0.255 e. The maximum absolute atomic E-state index is 13.1. The second kappa shape index (κ2) is 6.09. The predicted molar refractivity (Wildman–Crippen MR) is 102 cm³/mol. The van der Waals surface area contributed by atoms with Crippen molar-refractivity contribution in [3.05, 3.63) is 65.2 Å². The van der Waals surface area contributed by atoms with Crippen LogP contribution in [0.1, 0.15) is 29.5 Å². The molecule has 0 bridgehead atoms. The lowest BCUT2D eigenvalue weighted by Gasteiger charge is -2.15. The van der Waals surface area contributed by atoms with Crippen molar-refractivity contribution >= 4 is 26.9 Å². The van der Waals surface area contributed by atoms with Gasteiger partial charge in [-0.3, -0.25) is 4.79 Å². The molecule has 0 radical (unpaired) electrons. The van der Waals surface area contributed by atoms with Crippen molar-refractivity contribution in [3.8, 4) is 0 Å². The van der Waals surface area contributed by atoms with Crippen LogP contribution in [-0.4, -0.2) is 38.1 Å². The highest BCUT2D eigenvalue weighted by Gasteiger charge is 2.40. The van der Waals surface area contributed by atoms with Crippen LogP contribution in [0.25, 0.3) is 11.1 Å². The zero-order chi connectivity index (χ0) is 18.5. The van der Waals surface area contributed by atoms with Gasteiger partial charge in [0.1, 0.15) is 0 Å². The van der Waals surface area contributed by atoms with Crippen molar-refractivity contribution in [1.29, 1.82) is 0 Å². The van der Waals surface area contributed by atoms with Gasteiger partial charge in [0.2, 0.25) is 0 Å². The number of amides is 1. The molecule has 1 aliphatic heterocycles. The number of carbonyl (C=O) groups is 1. The monoisotopic (exact) mass is 367 g/mol. The van der Waals surface area contributed by atoms with Crippen LogP contribution >= 0.6 is 0 Å². The zero-order valence-corrected chi connectivity index (χ0v) is 15.7. The third-order valence-corrected chi connectivity index (χ3v) is 6.19. The molecule has 2 aromatic rings. The number of sulfone groups is 1. The third-order valence-electron chi connectivity index (χ3n) is 5.06. The molecule has 0 aromatic heterocycles. The number of hydrogen-bond acceptors (Lipinski definition) is 3. The Kier molecular flexibility index (Phi) is 3.99. The molecule has 4 rings (SSSR count). The molecule has 1 aliphatic carbocycles. The summed E-state index contributed by atoms with van der Waals surface area (Å²) in [6, 6.07) is 15.2. The van der Waals surface area contributed by atoms with E-state index in [0.29, 0.717) is 17.5 Å². The molecular weight excluding hydrogens is 346 g/mol. The van der Waals surface area contributed by atoms with E-state index in [1.54, 1.807) is 12.1 Å². The van der Waals surface area contributed by atoms with Crippen molar-refractivity contribution in [2.75, 3.05) is 12.8 Å². The van der Waals surface area contributed by atoms with E-state index in [1.807, 2.05) is 48.2 Å². The summed E-state index contributed by atoms with van der Waals surface area (Å²) in [5, 5.41) is 0. The van der Waals surface area contributed by atoms with E-state index in [0.717, 1.165) is 40.7 Å². The fourth-order valence-corrected chi connectivity index (χ4v) is 4.06. The zero-order valence-electron chi connectivity index (χ0n) is 14.9. The van der Waals surface area contributed by atoms with Crippen LogP contribution in [0, 0.1) is 6.92 Å². The Morgan fingerprint density at radius 1 is 0.923 bits per heavy atom. The summed E-state index contributed by atoms with van der Waals surface area (Å²) in [5.41, 5.74) is 4.70. The van der Waals surface area contributed by atoms with E-state index >= 15 is 0 Å². The van der Waals surface area contributed by atoms with Gasteiger partial charge < -0.3 is 4.90 Å². The van der Waals surface area contributed by atoms with Gasteiger partial charge in [-0.25, -0.2) is 8.42 Å². The molecular formula is C21H21NO3S. The summed E-state index contributed by atoms with van der Waals surface area (Å²) in [4.78, 5) is 15.3. The van der Waals surface area contributed by atoms with E-state index < -0.39 is 9.84 Å². The number of rotatable bonds is 4. The minimum atomic E-state index is -3.23. The summed E-state index contributed by atoms with van der Waals surface area (Å²) >= 11 is 0. The lowest BCUT2D eigenvalue weighted by Crippen LogP contribution is -2.29. The van der Waals surface area contributed by atoms with Crippen molar-refractivity contribution in [1.82, 2.24) is 4.90 Å². The maximum atomic E-state index is 13.1. The highest BCUT2D eigenvalue weighted by Crippen LogP contribution is 2.40. The van der Waals surface area contributed by atoms with Gasteiger partial charge in [0, 0.05) is 18.8 Å². The average molecular weight is 367 g/mol. The normalized spacial score (nSPS) is 17.9. The van der Waals surface area contributed by atoms with Gasteiger partial charge in [-0.1, -0.05) is 42.0 Å². The van der Waals surface area contributed by atoms with Crippen LogP contribution in [0.3, 0.4) is 0 Å². The minimum absolute atomic E-state index is 0.0820. The first kappa shape index (κ1) is 17.0. The Bertz CT molecular complexity index is 998. The summed E-state index contributed by atoms with van der Waals surface area (Å²) in [6.07, 6.45) is 3.33. The largest absolute Gasteiger partial charge is 0.331 e. The van der Waals surface area contributed by atoms with Crippen LogP contribution in [0.5, 0.6) is 0 Å². The first-order valence-corrected chi connectivity index (χ1v) is 10.7. The molecule has 5 heteroatoms. The molecule has 0 saturated heterocycles. The lowest BCUT2D eigenvalue weighted by molar-refractivity contribution is -0.124. The van der Waals surface area contributed by atoms with Gasteiger partial charge in [0.25, 0.3) is 5.91 Å². The van der Waals surface area contributed by atoms with Gasteiger partial charge in [-0.2, -0.15) is 0 Å². The van der Waals surface area contributed by atoms with E-state index in [2.05, 4.69) is 0 Å². The number of nitrogens with zero attached hydrogens (tertiary/aromatic N) is 1. The number of hydrogen-bond donors (Lipinski definition) is 0. The van der Waals surface area contributed by atoms with Crippen molar-refractivity contribution < 1.29 is 13.2 Å². The van der Waals surface area contributed by atoms with Gasteiger partial charge in [0.05, 0.1) is 10.5 Å². The molecule has 1 fully saturated rings. The van der Waals surface area contributed by atoms with Crippen molar-refractivity contribution in [2.45, 2.75) is 30.7 Å². The Morgan fingerprint density at radius 3 is 2.04 bits per heavy atom. The van der Waals surface area contributed by atoms with Gasteiger partial charge >= 0.3 is 0 Å². The summed E-state index contributed by atoms with van der Waals surface area (Å²) in [7, 11) is -3.23. The number of benzene rings is 2. The van der Waals surface area contributed by atoms with Crippen LogP contribution < -0.4 is 0 Å². The standard InChI is InChI=1S/C21H21NO3S/c1-14-3-5-16(6-4-14)20-19(13-22(21(20)23)17-9-10-17)15-7-11-18(12-8-15)26(2,24)25/h3-8,11-12,17H,9-10,13H2,1-2H3. The highest BCUT2D eigenvalue weighted by atomic mass is 32.2. The molecule has 0 spiro atoms. The first-order valence-electron chi connectivity index (χ1n) is 8.76. The molecule has 26 heavy (non-hydrogen) atoms. The first-order chi connectivity index (χ1) is 12.3. The Labute approximate surface area is 154 Å². The van der Waals surface area contributed by atoms with Crippen LogP contribution in [0.2, 0.25) is 0 Å². The summed E-state index contributed by atoms with van der Waals surface area (Å²) in [6.45, 7) is 2.61. The van der Waals surface area contributed by atoms with E-state index in [4.69, 9.17) is 0 Å². The van der Waals surface area contributed by atoms with Crippen LogP contribution in [-0.2, 0) is 14.6 Å². The Morgan fingerprint density at radius 2 is 1.50 bits per heavy atom. The quantitative estimate of drug-likeness (QED) is 0.833. The predicted octanol–water partition coefficient (Wildman–Crippen LogP) is 3.31.